The van der Waals surface area contributed by atoms with Crippen LogP contribution in [0.2, 0.25) is 0 Å². The third kappa shape index (κ3) is 4.88. The molecule has 1 aliphatic rings. The van der Waals surface area contributed by atoms with Gasteiger partial charge in [0.2, 0.25) is 5.91 Å². The van der Waals surface area contributed by atoms with E-state index in [0.29, 0.717) is 11.0 Å². The van der Waals surface area contributed by atoms with Crippen LogP contribution in [0.1, 0.15) is 24.0 Å². The van der Waals surface area contributed by atoms with Crippen LogP contribution in [0.15, 0.2) is 53.7 Å². The van der Waals surface area contributed by atoms with E-state index in [1.54, 1.807) is 0 Å². The van der Waals surface area contributed by atoms with Gasteiger partial charge in [0.25, 0.3) is 0 Å². The molecule has 30 heavy (non-hydrogen) atoms. The highest BCUT2D eigenvalue weighted by atomic mass is 32.2. The predicted molar refractivity (Wildman–Crippen MR) is 117 cm³/mol. The molecule has 7 nitrogen and oxygen atoms in total. The van der Waals surface area contributed by atoms with Crippen molar-refractivity contribution in [2.24, 2.45) is 0 Å². The van der Waals surface area contributed by atoms with Gasteiger partial charge in [-0.1, -0.05) is 59.3 Å². The number of aromatic nitrogens is 3. The largest absolute Gasteiger partial charge is 0.335 e. The van der Waals surface area contributed by atoms with E-state index in [2.05, 4.69) is 20.8 Å². The SMILES string of the molecule is Cc1ccc(-c2nnc(SCC(=O)NC(=O)NC3CC3)n2-c2ccc(C)cc2)cc1. The van der Waals surface area contributed by atoms with Gasteiger partial charge in [-0.05, 0) is 38.8 Å². The van der Waals surface area contributed by atoms with Gasteiger partial charge in [-0.2, -0.15) is 0 Å². The van der Waals surface area contributed by atoms with Crippen molar-refractivity contribution in [2.75, 3.05) is 5.75 Å². The van der Waals surface area contributed by atoms with Gasteiger partial charge in [-0.15, -0.1) is 10.2 Å². The van der Waals surface area contributed by atoms with Crippen molar-refractivity contribution in [3.05, 3.63) is 59.7 Å². The zero-order valence-corrected chi connectivity index (χ0v) is 17.7. The van der Waals surface area contributed by atoms with Crippen LogP contribution in [-0.2, 0) is 4.79 Å². The van der Waals surface area contributed by atoms with Gasteiger partial charge in [0, 0.05) is 17.3 Å². The Hall–Kier alpha value is -3.13. The zero-order valence-electron chi connectivity index (χ0n) is 16.9. The van der Waals surface area contributed by atoms with E-state index >= 15 is 0 Å². The van der Waals surface area contributed by atoms with E-state index in [-0.39, 0.29) is 17.7 Å². The van der Waals surface area contributed by atoms with E-state index in [4.69, 9.17) is 0 Å². The molecule has 1 heterocycles. The zero-order chi connectivity index (χ0) is 21.1. The maximum absolute atomic E-state index is 12.2. The molecule has 1 fully saturated rings. The minimum Gasteiger partial charge on any atom is -0.335 e. The number of hydrogen-bond donors (Lipinski definition) is 2. The summed E-state index contributed by atoms with van der Waals surface area (Å²) in [4.78, 5) is 24.0. The van der Waals surface area contributed by atoms with Gasteiger partial charge in [0.1, 0.15) is 0 Å². The summed E-state index contributed by atoms with van der Waals surface area (Å²) < 4.78 is 1.94. The lowest BCUT2D eigenvalue weighted by Gasteiger charge is -2.11. The second-order valence-corrected chi connectivity index (χ2v) is 8.37. The average Bonchev–Trinajstić information content (AvgIpc) is 3.43. The molecule has 3 aromatic rings. The van der Waals surface area contributed by atoms with Crippen LogP contribution in [-0.4, -0.2) is 38.5 Å². The van der Waals surface area contributed by atoms with Gasteiger partial charge < -0.3 is 5.32 Å². The van der Waals surface area contributed by atoms with Crippen LogP contribution < -0.4 is 10.6 Å². The van der Waals surface area contributed by atoms with Crippen molar-refractivity contribution in [3.8, 4) is 17.1 Å². The molecule has 1 saturated carbocycles. The number of benzene rings is 2. The smallest absolute Gasteiger partial charge is 0.321 e. The molecule has 0 aliphatic heterocycles. The van der Waals surface area contributed by atoms with Crippen LogP contribution in [0, 0.1) is 13.8 Å². The standard InChI is InChI=1S/C22H23N5O2S/c1-14-3-7-16(8-4-14)20-25-26-22(27(20)18-11-5-15(2)6-12-18)30-13-19(28)24-21(29)23-17-9-10-17/h3-8,11-12,17H,9-10,13H2,1-2H3,(H2,23,24,28,29). The van der Waals surface area contributed by atoms with Crippen molar-refractivity contribution < 1.29 is 9.59 Å². The first-order valence-corrected chi connectivity index (χ1v) is 10.8. The lowest BCUT2D eigenvalue weighted by Crippen LogP contribution is -2.41. The number of hydrogen-bond acceptors (Lipinski definition) is 5. The number of thioether (sulfide) groups is 1. The molecule has 2 N–H and O–H groups in total. The Balaban J connectivity index is 1.56. The first kappa shape index (κ1) is 20.2. The molecular formula is C22H23N5O2S. The molecule has 0 saturated heterocycles. The Morgan fingerprint density at radius 3 is 2.27 bits per heavy atom. The summed E-state index contributed by atoms with van der Waals surface area (Å²) in [7, 11) is 0. The molecule has 2 aromatic carbocycles. The summed E-state index contributed by atoms with van der Waals surface area (Å²) in [5.74, 6) is 0.400. The summed E-state index contributed by atoms with van der Waals surface area (Å²) in [6, 6.07) is 15.9. The second kappa shape index (κ2) is 8.71. The van der Waals surface area contributed by atoms with Crippen LogP contribution in [0.4, 0.5) is 4.79 Å². The lowest BCUT2D eigenvalue weighted by molar-refractivity contribution is -0.117. The Morgan fingerprint density at radius 1 is 1.00 bits per heavy atom. The molecule has 8 heteroatoms. The van der Waals surface area contributed by atoms with Gasteiger partial charge in [0.15, 0.2) is 11.0 Å². The van der Waals surface area contributed by atoms with Crippen molar-refractivity contribution in [1.82, 2.24) is 25.4 Å². The fourth-order valence-electron chi connectivity index (χ4n) is 2.92. The van der Waals surface area contributed by atoms with Crippen LogP contribution >= 0.6 is 11.8 Å². The van der Waals surface area contributed by atoms with E-state index in [0.717, 1.165) is 35.2 Å². The first-order valence-electron chi connectivity index (χ1n) is 9.82. The highest BCUT2D eigenvalue weighted by Crippen LogP contribution is 2.28. The molecule has 154 valence electrons. The summed E-state index contributed by atoms with van der Waals surface area (Å²) in [6.45, 7) is 4.07. The van der Waals surface area contributed by atoms with Gasteiger partial charge in [-0.25, -0.2) is 4.79 Å². The third-order valence-electron chi connectivity index (χ3n) is 4.73. The van der Waals surface area contributed by atoms with E-state index in [1.165, 1.54) is 11.8 Å². The second-order valence-electron chi connectivity index (χ2n) is 7.43. The van der Waals surface area contributed by atoms with Gasteiger partial charge in [0.05, 0.1) is 5.75 Å². The topological polar surface area (TPSA) is 88.9 Å². The number of aryl methyl sites for hydroxylation is 2. The van der Waals surface area contributed by atoms with Gasteiger partial charge >= 0.3 is 6.03 Å². The Morgan fingerprint density at radius 2 is 1.63 bits per heavy atom. The average molecular weight is 422 g/mol. The molecule has 1 aromatic heterocycles. The number of nitrogens with zero attached hydrogens (tertiary/aromatic N) is 3. The molecule has 0 spiro atoms. The fourth-order valence-corrected chi connectivity index (χ4v) is 3.67. The number of carbonyl (C=O) groups excluding carboxylic acids is 2. The highest BCUT2D eigenvalue weighted by Gasteiger charge is 2.24. The fraction of sp³-hybridized carbons (Fsp3) is 0.273. The van der Waals surface area contributed by atoms with Crippen LogP contribution in [0.25, 0.3) is 17.1 Å². The Labute approximate surface area is 179 Å². The quantitative estimate of drug-likeness (QED) is 0.594. The van der Waals surface area contributed by atoms with Crippen molar-refractivity contribution in [3.63, 3.8) is 0 Å². The number of carbonyl (C=O) groups is 2. The van der Waals surface area contributed by atoms with Crippen LogP contribution in [0.5, 0.6) is 0 Å². The minimum absolute atomic E-state index is 0.0655. The highest BCUT2D eigenvalue weighted by molar-refractivity contribution is 7.99. The molecule has 4 rings (SSSR count). The normalized spacial score (nSPS) is 13.1. The lowest BCUT2D eigenvalue weighted by atomic mass is 10.1. The number of imide groups is 1. The predicted octanol–water partition coefficient (Wildman–Crippen LogP) is 3.63. The molecule has 0 unspecified atom stereocenters. The van der Waals surface area contributed by atoms with Crippen molar-refractivity contribution in [1.29, 1.82) is 0 Å². The molecule has 0 radical (unpaired) electrons. The van der Waals surface area contributed by atoms with Crippen molar-refractivity contribution >= 4 is 23.7 Å². The molecular weight excluding hydrogens is 398 g/mol. The molecule has 0 atom stereocenters. The van der Waals surface area contributed by atoms with E-state index in [9.17, 15) is 9.59 Å². The Kier molecular flexibility index (Phi) is 5.85. The van der Waals surface area contributed by atoms with Crippen molar-refractivity contribution in [2.45, 2.75) is 37.9 Å². The minimum atomic E-state index is -0.441. The first-order chi connectivity index (χ1) is 14.5. The molecule has 1 aliphatic carbocycles. The third-order valence-corrected chi connectivity index (χ3v) is 5.66. The summed E-state index contributed by atoms with van der Waals surface area (Å²) in [6.07, 6.45) is 1.94. The van der Waals surface area contributed by atoms with Crippen LogP contribution in [0.3, 0.4) is 0 Å². The monoisotopic (exact) mass is 421 g/mol. The summed E-state index contributed by atoms with van der Waals surface area (Å²) >= 11 is 1.25. The number of rotatable bonds is 6. The maximum Gasteiger partial charge on any atom is 0.321 e. The maximum atomic E-state index is 12.2. The Bertz CT molecular complexity index is 1060. The number of urea groups is 1. The van der Waals surface area contributed by atoms with E-state index < -0.39 is 6.03 Å². The number of nitrogens with one attached hydrogen (secondary N) is 2. The molecule has 3 amide bonds. The summed E-state index contributed by atoms with van der Waals surface area (Å²) in [5.41, 5.74) is 4.17. The summed E-state index contributed by atoms with van der Waals surface area (Å²) in [5, 5.41) is 14.4. The number of amides is 3. The van der Waals surface area contributed by atoms with Gasteiger partial charge in [-0.3, -0.25) is 14.7 Å². The molecule has 0 bridgehead atoms. The van der Waals surface area contributed by atoms with E-state index in [1.807, 2.05) is 66.9 Å².